The summed E-state index contributed by atoms with van der Waals surface area (Å²) in [5.41, 5.74) is 0.503. The van der Waals surface area contributed by atoms with Gasteiger partial charge in [-0.1, -0.05) is 12.1 Å². The van der Waals surface area contributed by atoms with E-state index in [-0.39, 0.29) is 12.0 Å². The lowest BCUT2D eigenvalue weighted by molar-refractivity contribution is -0.387. The summed E-state index contributed by atoms with van der Waals surface area (Å²) in [5, 5.41) is 21.8. The Morgan fingerprint density at radius 3 is 2.55 bits per heavy atom. The van der Waals surface area contributed by atoms with E-state index in [1.54, 1.807) is 24.3 Å². The third-order valence-electron chi connectivity index (χ3n) is 2.90. The first-order valence-electron chi connectivity index (χ1n) is 6.22. The predicted octanol–water partition coefficient (Wildman–Crippen LogP) is 3.05. The number of amides is 1. The average molecular weight is 299 g/mol. The Kier molecular flexibility index (Phi) is 4.44. The van der Waals surface area contributed by atoms with Crippen LogP contribution in [0.2, 0.25) is 0 Å². The van der Waals surface area contributed by atoms with Crippen molar-refractivity contribution in [3.8, 4) is 6.07 Å². The second-order valence-corrected chi connectivity index (χ2v) is 4.41. The van der Waals surface area contributed by atoms with E-state index in [0.717, 1.165) is 17.7 Å². The number of hydrogen-bond acceptors (Lipinski definition) is 4. The van der Waals surface area contributed by atoms with Crippen molar-refractivity contribution >= 4 is 17.3 Å². The molecule has 0 spiro atoms. The maximum Gasteiger partial charge on any atom is 0.305 e. The van der Waals surface area contributed by atoms with Crippen LogP contribution >= 0.6 is 0 Å². The van der Waals surface area contributed by atoms with Crippen molar-refractivity contribution in [1.82, 2.24) is 0 Å². The molecule has 0 aromatic heterocycles. The molecule has 0 fully saturated rings. The maximum atomic E-state index is 13.2. The summed E-state index contributed by atoms with van der Waals surface area (Å²) < 4.78 is 13.2. The zero-order valence-corrected chi connectivity index (χ0v) is 11.2. The number of benzene rings is 2. The molecule has 2 aromatic rings. The summed E-state index contributed by atoms with van der Waals surface area (Å²) in [4.78, 5) is 21.8. The van der Waals surface area contributed by atoms with Crippen LogP contribution in [0.15, 0.2) is 42.5 Å². The van der Waals surface area contributed by atoms with Gasteiger partial charge in [0, 0.05) is 17.3 Å². The van der Waals surface area contributed by atoms with Crippen LogP contribution in [0.5, 0.6) is 0 Å². The van der Waals surface area contributed by atoms with E-state index in [1.165, 1.54) is 6.07 Å². The summed E-state index contributed by atoms with van der Waals surface area (Å²) in [6.07, 6.45) is 0.262. The van der Waals surface area contributed by atoms with Crippen LogP contribution in [0.4, 0.5) is 15.8 Å². The van der Waals surface area contributed by atoms with Crippen LogP contribution < -0.4 is 5.32 Å². The minimum absolute atomic E-state index is 0.0193. The largest absolute Gasteiger partial charge is 0.322 e. The quantitative estimate of drug-likeness (QED) is 0.693. The molecule has 0 aliphatic carbocycles. The molecule has 2 aromatic carbocycles. The highest BCUT2D eigenvalue weighted by Crippen LogP contribution is 2.19. The number of rotatable bonds is 4. The van der Waals surface area contributed by atoms with Gasteiger partial charge in [0.25, 0.3) is 5.91 Å². The molecular weight excluding hydrogens is 289 g/mol. The summed E-state index contributed by atoms with van der Waals surface area (Å²) in [7, 11) is 0. The van der Waals surface area contributed by atoms with Gasteiger partial charge in [0.2, 0.25) is 5.82 Å². The van der Waals surface area contributed by atoms with Crippen molar-refractivity contribution in [2.75, 3.05) is 5.32 Å². The standard InChI is InChI=1S/C15H10FN3O3/c16-13-6-3-11(9-14(13)19(21)22)15(20)18-12-4-1-10(2-5-12)7-8-17/h1-6,9H,7H2,(H,18,20). The van der Waals surface area contributed by atoms with Crippen molar-refractivity contribution in [3.63, 3.8) is 0 Å². The third kappa shape index (κ3) is 3.43. The Morgan fingerprint density at radius 1 is 1.27 bits per heavy atom. The zero-order valence-electron chi connectivity index (χ0n) is 11.2. The van der Waals surface area contributed by atoms with Gasteiger partial charge in [-0.15, -0.1) is 0 Å². The number of hydrogen-bond donors (Lipinski definition) is 1. The molecule has 6 nitrogen and oxygen atoms in total. The van der Waals surface area contributed by atoms with Gasteiger partial charge in [0.1, 0.15) is 0 Å². The molecule has 0 bridgehead atoms. The highest BCUT2D eigenvalue weighted by molar-refractivity contribution is 6.04. The van der Waals surface area contributed by atoms with Crippen LogP contribution in [0.3, 0.4) is 0 Å². The first-order chi connectivity index (χ1) is 10.5. The van der Waals surface area contributed by atoms with E-state index in [1.807, 2.05) is 6.07 Å². The first kappa shape index (κ1) is 15.1. The fourth-order valence-corrected chi connectivity index (χ4v) is 1.79. The van der Waals surface area contributed by atoms with Crippen LogP contribution in [-0.2, 0) is 6.42 Å². The number of nitrogens with zero attached hydrogens (tertiary/aromatic N) is 2. The van der Waals surface area contributed by atoms with Gasteiger partial charge < -0.3 is 5.32 Å². The fraction of sp³-hybridized carbons (Fsp3) is 0.0667. The molecule has 1 amide bonds. The lowest BCUT2D eigenvalue weighted by Crippen LogP contribution is -2.12. The van der Waals surface area contributed by atoms with Crippen LogP contribution in [-0.4, -0.2) is 10.8 Å². The normalized spacial score (nSPS) is 9.82. The summed E-state index contributed by atoms with van der Waals surface area (Å²) in [6, 6.07) is 11.5. The Balaban J connectivity index is 2.17. The number of carbonyl (C=O) groups excluding carboxylic acids is 1. The molecule has 110 valence electrons. The number of carbonyl (C=O) groups is 1. The van der Waals surface area contributed by atoms with Crippen molar-refractivity contribution < 1.29 is 14.1 Å². The Morgan fingerprint density at radius 2 is 1.95 bits per heavy atom. The molecule has 0 radical (unpaired) electrons. The molecule has 0 saturated heterocycles. The van der Waals surface area contributed by atoms with Gasteiger partial charge in [-0.2, -0.15) is 9.65 Å². The van der Waals surface area contributed by atoms with Crippen LogP contribution in [0, 0.1) is 27.3 Å². The summed E-state index contributed by atoms with van der Waals surface area (Å²) in [6.45, 7) is 0. The number of anilines is 1. The van der Waals surface area contributed by atoms with Crippen molar-refractivity contribution in [3.05, 3.63) is 69.5 Å². The molecule has 0 saturated carbocycles. The van der Waals surface area contributed by atoms with E-state index >= 15 is 0 Å². The van der Waals surface area contributed by atoms with Crippen molar-refractivity contribution in [2.24, 2.45) is 0 Å². The molecule has 1 N–H and O–H groups in total. The van der Waals surface area contributed by atoms with E-state index in [9.17, 15) is 19.3 Å². The number of nitro benzene ring substituents is 1. The average Bonchev–Trinajstić information content (AvgIpc) is 2.49. The van der Waals surface area contributed by atoms with Gasteiger partial charge in [-0.3, -0.25) is 14.9 Å². The number of nitrogens with one attached hydrogen (secondary N) is 1. The van der Waals surface area contributed by atoms with Gasteiger partial charge in [0.15, 0.2) is 0 Å². The Hall–Kier alpha value is -3.27. The molecule has 2 rings (SSSR count). The predicted molar refractivity (Wildman–Crippen MR) is 76.8 cm³/mol. The van der Waals surface area contributed by atoms with Crippen LogP contribution in [0.1, 0.15) is 15.9 Å². The molecular formula is C15H10FN3O3. The maximum absolute atomic E-state index is 13.2. The fourth-order valence-electron chi connectivity index (χ4n) is 1.79. The number of nitro groups is 1. The lowest BCUT2D eigenvalue weighted by Gasteiger charge is -2.06. The monoisotopic (exact) mass is 299 g/mol. The molecule has 0 unspecified atom stereocenters. The highest BCUT2D eigenvalue weighted by atomic mass is 19.1. The topological polar surface area (TPSA) is 96.0 Å². The third-order valence-corrected chi connectivity index (χ3v) is 2.90. The Bertz CT molecular complexity index is 767. The second-order valence-electron chi connectivity index (χ2n) is 4.41. The van der Waals surface area contributed by atoms with E-state index in [2.05, 4.69) is 5.32 Å². The van der Waals surface area contributed by atoms with E-state index in [0.29, 0.717) is 5.69 Å². The molecule has 0 atom stereocenters. The molecule has 22 heavy (non-hydrogen) atoms. The van der Waals surface area contributed by atoms with E-state index in [4.69, 9.17) is 5.26 Å². The molecule has 0 aliphatic rings. The SMILES string of the molecule is N#CCc1ccc(NC(=O)c2ccc(F)c([N+](=O)[O-])c2)cc1. The minimum atomic E-state index is -0.998. The number of nitriles is 1. The smallest absolute Gasteiger partial charge is 0.305 e. The van der Waals surface area contributed by atoms with Gasteiger partial charge >= 0.3 is 5.69 Å². The van der Waals surface area contributed by atoms with Gasteiger partial charge in [-0.05, 0) is 29.8 Å². The second kappa shape index (κ2) is 6.45. The van der Waals surface area contributed by atoms with Crippen molar-refractivity contribution in [2.45, 2.75) is 6.42 Å². The molecule has 7 heteroatoms. The highest BCUT2D eigenvalue weighted by Gasteiger charge is 2.17. The van der Waals surface area contributed by atoms with Gasteiger partial charge in [-0.25, -0.2) is 0 Å². The van der Waals surface area contributed by atoms with E-state index < -0.39 is 22.3 Å². The number of halogens is 1. The van der Waals surface area contributed by atoms with Crippen LogP contribution in [0.25, 0.3) is 0 Å². The summed E-state index contributed by atoms with van der Waals surface area (Å²) in [5.74, 6) is -1.58. The molecule has 0 aliphatic heterocycles. The Labute approximate surface area is 125 Å². The minimum Gasteiger partial charge on any atom is -0.322 e. The van der Waals surface area contributed by atoms with Crippen molar-refractivity contribution in [1.29, 1.82) is 5.26 Å². The summed E-state index contributed by atoms with van der Waals surface area (Å²) >= 11 is 0. The first-order valence-corrected chi connectivity index (χ1v) is 6.22. The lowest BCUT2D eigenvalue weighted by atomic mass is 10.1. The van der Waals surface area contributed by atoms with Gasteiger partial charge in [0.05, 0.1) is 17.4 Å². The molecule has 0 heterocycles. The zero-order chi connectivity index (χ0) is 16.1.